The molecule has 0 aromatic rings. The maximum atomic E-state index is 10.8. The molecule has 0 nitrogen and oxygen atoms in total. The third-order valence-electron chi connectivity index (χ3n) is 0.273. The predicted octanol–water partition coefficient (Wildman–Crippen LogP) is 2.48. The smallest absolute Gasteiger partial charge is 0.269 e. The molecule has 0 unspecified atom stereocenters. The molecule has 0 rings (SSSR count). The number of hydrogen-bond donors (Lipinski definition) is 0. The first-order valence-electron chi connectivity index (χ1n) is 1.52. The Hall–Kier alpha value is -0.680. The Morgan fingerprint density at radius 3 is 1.44 bits per heavy atom. The monoisotopic (exact) mass is 152 g/mol. The van der Waals surface area contributed by atoms with Crippen LogP contribution >= 0.6 is 0 Å². The van der Waals surface area contributed by atoms with Gasteiger partial charge in [0.2, 0.25) is 0 Å². The summed E-state index contributed by atoms with van der Waals surface area (Å²) in [6.07, 6.45) is -8.68. The fourth-order valence-corrected chi connectivity index (χ4v) is 0.124. The summed E-state index contributed by atoms with van der Waals surface area (Å²) in [6, 6.07) is 0. The van der Waals surface area contributed by atoms with Crippen LogP contribution in [0.2, 0.25) is 0 Å². The van der Waals surface area contributed by atoms with E-state index in [1.54, 1.807) is 0 Å². The molecule has 0 aliphatic rings. The predicted molar refractivity (Wildman–Crippen MR) is 18.9 cm³/mol. The molecule has 6 heteroatoms. The van der Waals surface area contributed by atoms with Gasteiger partial charge in [0.25, 0.3) is 6.08 Å². The molecule has 0 atom stereocenters. The lowest BCUT2D eigenvalue weighted by molar-refractivity contribution is -0.0826. The number of hydrogen-bond acceptors (Lipinski definition) is 0. The zero-order valence-electron chi connectivity index (χ0n) is 3.88. The maximum absolute atomic E-state index is 10.8. The average molecular weight is 152 g/mol. The fraction of sp³-hybridized carbons (Fsp3) is 0.333. The van der Waals surface area contributed by atoms with Gasteiger partial charge in [-0.05, 0) is 0 Å². The van der Waals surface area contributed by atoms with Gasteiger partial charge in [-0.25, -0.2) is 0 Å². The molecule has 56 valence electrons. The summed E-state index contributed by atoms with van der Waals surface area (Å²) in [5.41, 5.74) is 0. The summed E-state index contributed by atoms with van der Waals surface area (Å²) < 4.78 is 53.6. The minimum atomic E-state index is -4.89. The first-order valence-corrected chi connectivity index (χ1v) is 1.52. The van der Waals surface area contributed by atoms with E-state index in [1.807, 2.05) is 0 Å². The van der Waals surface area contributed by atoms with Gasteiger partial charge < -0.3 is 0 Å². The minimum absolute atomic E-state index is 0. The lowest BCUT2D eigenvalue weighted by atomic mass is 10.6. The van der Waals surface area contributed by atoms with Crippen molar-refractivity contribution < 1.29 is 26.7 Å². The van der Waals surface area contributed by atoms with Crippen LogP contribution in [0.4, 0.5) is 26.7 Å². The maximum Gasteiger partial charge on any atom is 0.414 e. The van der Waals surface area contributed by atoms with Crippen molar-refractivity contribution in [2.24, 2.45) is 0 Å². The van der Waals surface area contributed by atoms with Crippen molar-refractivity contribution in [3.63, 3.8) is 0 Å². The summed E-state index contributed by atoms with van der Waals surface area (Å²) >= 11 is 0. The second kappa shape index (κ2) is 3.37. The molecule has 0 N–H and O–H groups in total. The summed E-state index contributed by atoms with van der Waals surface area (Å²) in [6.45, 7) is 0. The molecular weight excluding hydrogens is 150 g/mol. The zero-order valence-corrected chi connectivity index (χ0v) is 3.88. The highest BCUT2D eigenvalue weighted by Crippen LogP contribution is 2.19. The van der Waals surface area contributed by atoms with Crippen LogP contribution in [0.15, 0.2) is 12.2 Å². The van der Waals surface area contributed by atoms with Gasteiger partial charge in [0.15, 0.2) is 0 Å². The number of allylic oxidation sites excluding steroid dienone is 1. The topological polar surface area (TPSA) is 0 Å². The first-order chi connectivity index (χ1) is 3.42. The van der Waals surface area contributed by atoms with Gasteiger partial charge in [0, 0.05) is 0 Å². The Labute approximate surface area is 46.3 Å². The molecular formula is C3H2F6. The standard InChI is InChI=1S/C3HF5.FH/c4-2(5)1-3(6,7)8;/h1H;1H. The summed E-state index contributed by atoms with van der Waals surface area (Å²) in [7, 11) is 0. The van der Waals surface area contributed by atoms with Gasteiger partial charge in [-0.15, -0.1) is 0 Å². The Bertz CT molecular complexity index is 95.4. The van der Waals surface area contributed by atoms with Crippen molar-refractivity contribution in [1.29, 1.82) is 0 Å². The van der Waals surface area contributed by atoms with Crippen LogP contribution in [-0.4, -0.2) is 6.18 Å². The molecule has 0 aromatic carbocycles. The van der Waals surface area contributed by atoms with E-state index in [2.05, 4.69) is 0 Å². The lowest BCUT2D eigenvalue weighted by Gasteiger charge is -1.93. The van der Waals surface area contributed by atoms with Gasteiger partial charge >= 0.3 is 6.18 Å². The summed E-state index contributed by atoms with van der Waals surface area (Å²) in [5.74, 6) is 0. The molecule has 9 heavy (non-hydrogen) atoms. The zero-order chi connectivity index (χ0) is 6.78. The second-order valence-corrected chi connectivity index (χ2v) is 0.976. The van der Waals surface area contributed by atoms with Gasteiger partial charge in [0.05, 0.1) is 6.08 Å². The average Bonchev–Trinajstić information content (AvgIpc) is 1.21. The summed E-state index contributed by atoms with van der Waals surface area (Å²) in [4.78, 5) is 0. The largest absolute Gasteiger partial charge is 0.414 e. The van der Waals surface area contributed by atoms with Gasteiger partial charge in [-0.2, -0.15) is 22.0 Å². The SMILES string of the molecule is F.FC(F)=CC(F)(F)F. The van der Waals surface area contributed by atoms with Crippen molar-refractivity contribution in [3.05, 3.63) is 12.2 Å². The van der Waals surface area contributed by atoms with E-state index in [9.17, 15) is 22.0 Å². The van der Waals surface area contributed by atoms with Crippen LogP contribution in [0.1, 0.15) is 0 Å². The Balaban J connectivity index is 0. The van der Waals surface area contributed by atoms with E-state index in [0.717, 1.165) is 0 Å². The Kier molecular flexibility index (Phi) is 4.17. The first kappa shape index (κ1) is 11.2. The molecule has 0 saturated carbocycles. The van der Waals surface area contributed by atoms with Crippen LogP contribution in [0.25, 0.3) is 0 Å². The fourth-order valence-electron chi connectivity index (χ4n) is 0.124. The van der Waals surface area contributed by atoms with Crippen LogP contribution in [0.5, 0.6) is 0 Å². The van der Waals surface area contributed by atoms with Crippen molar-refractivity contribution in [3.8, 4) is 0 Å². The molecule has 0 radical (unpaired) electrons. The third kappa shape index (κ3) is 11.1. The molecule has 0 spiro atoms. The molecule has 0 heterocycles. The van der Waals surface area contributed by atoms with Crippen LogP contribution < -0.4 is 0 Å². The molecule has 0 aliphatic heterocycles. The quantitative estimate of drug-likeness (QED) is 0.467. The van der Waals surface area contributed by atoms with E-state index in [1.165, 1.54) is 0 Å². The minimum Gasteiger partial charge on any atom is -0.269 e. The highest BCUT2D eigenvalue weighted by atomic mass is 19.4. The van der Waals surface area contributed by atoms with Crippen molar-refractivity contribution in [1.82, 2.24) is 0 Å². The molecule has 0 saturated heterocycles. The molecule has 0 aromatic heterocycles. The number of rotatable bonds is 0. The van der Waals surface area contributed by atoms with Crippen LogP contribution in [0, 0.1) is 0 Å². The van der Waals surface area contributed by atoms with E-state index < -0.39 is 18.3 Å². The Morgan fingerprint density at radius 2 is 1.44 bits per heavy atom. The van der Waals surface area contributed by atoms with Crippen molar-refractivity contribution in [2.45, 2.75) is 6.18 Å². The van der Waals surface area contributed by atoms with Gasteiger partial charge in [0.1, 0.15) is 0 Å². The molecule has 0 fully saturated rings. The van der Waals surface area contributed by atoms with Crippen LogP contribution in [-0.2, 0) is 0 Å². The second-order valence-electron chi connectivity index (χ2n) is 0.976. The van der Waals surface area contributed by atoms with Crippen molar-refractivity contribution >= 4 is 0 Å². The normalized spacial score (nSPS) is 9.89. The van der Waals surface area contributed by atoms with E-state index >= 15 is 0 Å². The molecule has 0 aliphatic carbocycles. The van der Waals surface area contributed by atoms with E-state index in [4.69, 9.17) is 0 Å². The van der Waals surface area contributed by atoms with E-state index in [-0.39, 0.29) is 4.70 Å². The molecule has 0 amide bonds. The highest BCUT2D eigenvalue weighted by Gasteiger charge is 2.24. The lowest BCUT2D eigenvalue weighted by Crippen LogP contribution is -2.00. The molecule has 0 bridgehead atoms. The van der Waals surface area contributed by atoms with Gasteiger partial charge in [-0.3, -0.25) is 4.70 Å². The van der Waals surface area contributed by atoms with Crippen LogP contribution in [0.3, 0.4) is 0 Å². The number of halogens is 6. The highest BCUT2D eigenvalue weighted by molar-refractivity contribution is 4.87. The van der Waals surface area contributed by atoms with Crippen molar-refractivity contribution in [2.75, 3.05) is 0 Å². The van der Waals surface area contributed by atoms with Gasteiger partial charge in [-0.1, -0.05) is 0 Å². The van der Waals surface area contributed by atoms with E-state index in [0.29, 0.717) is 0 Å². The number of alkyl halides is 3. The Morgan fingerprint density at radius 1 is 1.11 bits per heavy atom. The summed E-state index contributed by atoms with van der Waals surface area (Å²) in [5, 5.41) is 0. The third-order valence-corrected chi connectivity index (χ3v) is 0.273.